The highest BCUT2D eigenvalue weighted by Gasteiger charge is 2.23. The number of aromatic nitrogens is 1. The van der Waals surface area contributed by atoms with Crippen LogP contribution < -0.4 is 15.0 Å². The number of nitrogens with one attached hydrogen (secondary N) is 1. The van der Waals surface area contributed by atoms with Gasteiger partial charge in [0.05, 0.1) is 41.1 Å². The monoisotopic (exact) mass is 631 g/mol. The van der Waals surface area contributed by atoms with Crippen molar-refractivity contribution < 1.29 is 27.8 Å². The number of fused-ring (bicyclic) bond motifs is 1. The zero-order valence-corrected chi connectivity index (χ0v) is 26.0. The van der Waals surface area contributed by atoms with Gasteiger partial charge >= 0.3 is 5.97 Å². The van der Waals surface area contributed by atoms with E-state index in [1.807, 2.05) is 13.8 Å². The topological polar surface area (TPSA) is 136 Å². The molecule has 0 amide bonds. The molecular formula is C32H29N3O7S2. The van der Waals surface area contributed by atoms with Crippen LogP contribution in [-0.2, 0) is 14.8 Å². The van der Waals surface area contributed by atoms with Crippen molar-refractivity contribution in [2.75, 3.05) is 18.4 Å². The largest absolute Gasteiger partial charge is 0.495 e. The van der Waals surface area contributed by atoms with E-state index in [9.17, 15) is 23.1 Å². The summed E-state index contributed by atoms with van der Waals surface area (Å²) in [7, 11) is -2.68. The van der Waals surface area contributed by atoms with Gasteiger partial charge in [-0.15, -0.1) is 11.3 Å². The Kier molecular flexibility index (Phi) is 8.56. The molecule has 0 spiro atoms. The molecule has 10 nitrogen and oxygen atoms in total. The van der Waals surface area contributed by atoms with Gasteiger partial charge in [0, 0.05) is 21.9 Å². The number of sulfonamides is 1. The lowest BCUT2D eigenvalue weighted by molar-refractivity contribution is 0.0527. The molecule has 0 aliphatic carbocycles. The number of anilines is 1. The van der Waals surface area contributed by atoms with Crippen LogP contribution in [0.25, 0.3) is 16.5 Å². The third-order valence-corrected chi connectivity index (χ3v) is 9.48. The Morgan fingerprint density at radius 3 is 2.48 bits per heavy atom. The van der Waals surface area contributed by atoms with Gasteiger partial charge in [-0.2, -0.15) is 0 Å². The molecule has 44 heavy (non-hydrogen) atoms. The van der Waals surface area contributed by atoms with Gasteiger partial charge in [-0.05, 0) is 62.7 Å². The zero-order valence-electron chi connectivity index (χ0n) is 24.3. The number of hydrogen-bond donors (Lipinski definition) is 2. The Morgan fingerprint density at radius 1 is 1.05 bits per heavy atom. The van der Waals surface area contributed by atoms with Crippen molar-refractivity contribution in [3.63, 3.8) is 0 Å². The molecule has 0 aliphatic rings. The summed E-state index contributed by atoms with van der Waals surface area (Å²) in [5.74, 6) is -0.616. The summed E-state index contributed by atoms with van der Waals surface area (Å²) in [4.78, 5) is 31.7. The lowest BCUT2D eigenvalue weighted by atomic mass is 10.1. The maximum atomic E-state index is 13.7. The average Bonchev–Trinajstić information content (AvgIpc) is 3.30. The lowest BCUT2D eigenvalue weighted by Crippen LogP contribution is -2.21. The minimum Gasteiger partial charge on any atom is -0.495 e. The van der Waals surface area contributed by atoms with Gasteiger partial charge < -0.3 is 14.6 Å². The van der Waals surface area contributed by atoms with Crippen LogP contribution in [0, 0.1) is 13.8 Å². The highest BCUT2D eigenvalue weighted by Crippen LogP contribution is 2.36. The quantitative estimate of drug-likeness (QED) is 0.148. The van der Waals surface area contributed by atoms with Crippen LogP contribution in [0.2, 0.25) is 0 Å². The first-order valence-corrected chi connectivity index (χ1v) is 15.8. The fourth-order valence-corrected chi connectivity index (χ4v) is 6.82. The van der Waals surface area contributed by atoms with Gasteiger partial charge in [-0.25, -0.2) is 22.8 Å². The molecule has 0 radical (unpaired) electrons. The van der Waals surface area contributed by atoms with Gasteiger partial charge in [0.15, 0.2) is 0 Å². The number of hydrogen-bond acceptors (Lipinski definition) is 9. The molecule has 5 rings (SSSR count). The standard InChI is InChI=1S/C32H29N3O7S2/c1-5-42-32(38)28-19(2)20(3)43-29(28)33-18-25-23-13-6-7-14-24(23)30(36)35(31(25)37)21-11-10-12-22(17-21)44(39,40)34-26-15-8-9-16-27(26)41-4/h6-18,34,37H,5H2,1-4H3. The number of rotatable bonds is 9. The number of para-hydroxylation sites is 2. The number of pyridine rings is 1. The molecule has 0 fully saturated rings. The molecule has 2 heterocycles. The maximum absolute atomic E-state index is 13.7. The van der Waals surface area contributed by atoms with Crippen LogP contribution >= 0.6 is 11.3 Å². The molecule has 0 unspecified atom stereocenters. The van der Waals surface area contributed by atoms with Crippen molar-refractivity contribution in [2.45, 2.75) is 25.7 Å². The van der Waals surface area contributed by atoms with Crippen LogP contribution in [0.5, 0.6) is 11.6 Å². The first-order valence-electron chi connectivity index (χ1n) is 13.5. The average molecular weight is 632 g/mol. The molecule has 226 valence electrons. The number of carbonyl (C=O) groups excluding carboxylic acids is 1. The van der Waals surface area contributed by atoms with Gasteiger partial charge in [0.25, 0.3) is 15.6 Å². The molecular weight excluding hydrogens is 603 g/mol. The number of ether oxygens (including phenoxy) is 2. The number of carbonyl (C=O) groups is 1. The lowest BCUT2D eigenvalue weighted by Gasteiger charge is -2.15. The van der Waals surface area contributed by atoms with Crippen LogP contribution in [0.1, 0.15) is 33.3 Å². The number of aromatic hydroxyl groups is 1. The molecule has 0 aliphatic heterocycles. The fraction of sp³-hybridized carbons (Fsp3) is 0.156. The Balaban J connectivity index is 1.64. The minimum atomic E-state index is -4.12. The van der Waals surface area contributed by atoms with E-state index in [0.717, 1.165) is 15.0 Å². The van der Waals surface area contributed by atoms with Crippen LogP contribution in [0.15, 0.2) is 87.5 Å². The minimum absolute atomic E-state index is 0.117. The predicted octanol–water partition coefficient (Wildman–Crippen LogP) is 6.11. The highest BCUT2D eigenvalue weighted by atomic mass is 32.2. The molecule has 0 bridgehead atoms. The SMILES string of the molecule is CCOC(=O)c1c(N=Cc2c(O)n(-c3cccc(S(=O)(=O)Nc4ccccc4OC)c3)c(=O)c3ccccc23)sc(C)c1C. The van der Waals surface area contributed by atoms with E-state index in [0.29, 0.717) is 21.7 Å². The summed E-state index contributed by atoms with van der Waals surface area (Å²) in [6, 6.07) is 18.9. The number of thiophene rings is 1. The van der Waals surface area contributed by atoms with Crippen molar-refractivity contribution in [1.82, 2.24) is 4.57 Å². The summed E-state index contributed by atoms with van der Waals surface area (Å²) in [5.41, 5.74) is 1.09. The second kappa shape index (κ2) is 12.3. The van der Waals surface area contributed by atoms with E-state index in [2.05, 4.69) is 9.71 Å². The summed E-state index contributed by atoms with van der Waals surface area (Å²) in [6.45, 7) is 5.61. The molecule has 0 saturated heterocycles. The zero-order chi connectivity index (χ0) is 31.6. The van der Waals surface area contributed by atoms with Crippen LogP contribution in [0.4, 0.5) is 10.7 Å². The Labute approximate surface area is 257 Å². The molecule has 3 aromatic carbocycles. The number of aliphatic imine (C=N–C) groups is 1. The Hall–Kier alpha value is -4.94. The number of nitrogens with zero attached hydrogens (tertiary/aromatic N) is 2. The van der Waals surface area contributed by atoms with Crippen molar-refractivity contribution in [1.29, 1.82) is 0 Å². The fourth-order valence-electron chi connectivity index (χ4n) is 4.72. The number of aryl methyl sites for hydroxylation is 1. The van der Waals surface area contributed by atoms with Crippen molar-refractivity contribution >= 4 is 55.0 Å². The van der Waals surface area contributed by atoms with Gasteiger partial charge in [0.2, 0.25) is 5.88 Å². The molecule has 2 N–H and O–H groups in total. The van der Waals surface area contributed by atoms with Crippen LogP contribution in [0.3, 0.4) is 0 Å². The molecule has 5 aromatic rings. The third-order valence-electron chi connectivity index (χ3n) is 7.00. The van der Waals surface area contributed by atoms with Gasteiger partial charge in [-0.3, -0.25) is 9.52 Å². The van der Waals surface area contributed by atoms with Crippen molar-refractivity contribution in [2.24, 2.45) is 4.99 Å². The predicted molar refractivity (Wildman–Crippen MR) is 172 cm³/mol. The van der Waals surface area contributed by atoms with E-state index in [1.165, 1.54) is 48.9 Å². The summed E-state index contributed by atoms with van der Waals surface area (Å²) >= 11 is 1.31. The van der Waals surface area contributed by atoms with Crippen LogP contribution in [-0.4, -0.2) is 44.0 Å². The molecule has 0 atom stereocenters. The van der Waals surface area contributed by atoms with E-state index in [4.69, 9.17) is 9.47 Å². The van der Waals surface area contributed by atoms with Crippen molar-refractivity contribution in [3.05, 3.63) is 105 Å². The molecule has 12 heteroatoms. The first-order chi connectivity index (χ1) is 21.1. The molecule has 0 saturated carbocycles. The summed E-state index contributed by atoms with van der Waals surface area (Å²) in [5, 5.41) is 12.6. The van der Waals surface area contributed by atoms with E-state index in [-0.39, 0.29) is 33.8 Å². The number of methoxy groups -OCH3 is 1. The second-order valence-electron chi connectivity index (χ2n) is 9.67. The number of esters is 1. The maximum Gasteiger partial charge on any atom is 0.341 e. The number of benzene rings is 3. The third kappa shape index (κ3) is 5.69. The first kappa shape index (κ1) is 30.5. The smallest absolute Gasteiger partial charge is 0.341 e. The Bertz CT molecular complexity index is 2100. The second-order valence-corrected chi connectivity index (χ2v) is 12.6. The highest BCUT2D eigenvalue weighted by molar-refractivity contribution is 7.92. The van der Waals surface area contributed by atoms with Crippen molar-refractivity contribution in [3.8, 4) is 17.3 Å². The Morgan fingerprint density at radius 2 is 1.75 bits per heavy atom. The van der Waals surface area contributed by atoms with E-state index < -0.39 is 27.4 Å². The summed E-state index contributed by atoms with van der Waals surface area (Å²) in [6.07, 6.45) is 1.39. The van der Waals surface area contributed by atoms with Gasteiger partial charge in [-0.1, -0.05) is 36.4 Å². The summed E-state index contributed by atoms with van der Waals surface area (Å²) < 4.78 is 40.7. The van der Waals surface area contributed by atoms with Gasteiger partial charge in [0.1, 0.15) is 10.8 Å². The van der Waals surface area contributed by atoms with E-state index in [1.54, 1.807) is 55.5 Å². The molecule has 2 aromatic heterocycles. The normalized spacial score (nSPS) is 11.6. The van der Waals surface area contributed by atoms with E-state index >= 15 is 0 Å².